The third-order valence-electron chi connectivity index (χ3n) is 5.24. The van der Waals surface area contributed by atoms with Crippen molar-refractivity contribution in [3.05, 3.63) is 124 Å². The maximum absolute atomic E-state index is 13.1. The molecule has 4 aromatic rings. The number of amides is 3. The Morgan fingerprint density at radius 2 is 1.05 bits per heavy atom. The van der Waals surface area contributed by atoms with Crippen LogP contribution >= 0.6 is 15.9 Å². The Bertz CT molecular complexity index is 1420. The number of carbonyl (C=O) groups excluding carboxylic acids is 3. The Morgan fingerprint density at radius 3 is 1.54 bits per heavy atom. The van der Waals surface area contributed by atoms with Crippen LogP contribution in [0.1, 0.15) is 41.4 Å². The van der Waals surface area contributed by atoms with E-state index >= 15 is 0 Å². The number of carboxylic acid groups (broad SMARTS) is 1. The summed E-state index contributed by atoms with van der Waals surface area (Å²) in [5.41, 5.74) is 1.43. The third kappa shape index (κ3) is 6.47. The molecule has 184 valence electrons. The molecule has 0 saturated carbocycles. The van der Waals surface area contributed by atoms with Crippen LogP contribution in [-0.4, -0.2) is 28.8 Å². The first-order valence-corrected chi connectivity index (χ1v) is 11.8. The summed E-state index contributed by atoms with van der Waals surface area (Å²) in [6, 6.07) is 25.9. The Balaban J connectivity index is 1.66. The summed E-state index contributed by atoms with van der Waals surface area (Å²) in [7, 11) is 0. The summed E-state index contributed by atoms with van der Waals surface area (Å²) in [6.07, 6.45) is 0. The van der Waals surface area contributed by atoms with Crippen LogP contribution in [0.25, 0.3) is 0 Å². The van der Waals surface area contributed by atoms with Crippen molar-refractivity contribution in [3.8, 4) is 0 Å². The Kier molecular flexibility index (Phi) is 7.75. The largest absolute Gasteiger partial charge is 0.478 e. The Labute approximate surface area is 220 Å². The normalized spacial score (nSPS) is 10.3. The second-order valence-electron chi connectivity index (χ2n) is 7.89. The van der Waals surface area contributed by atoms with Crippen molar-refractivity contribution in [1.29, 1.82) is 0 Å². The monoisotopic (exact) mass is 557 g/mol. The fourth-order valence-corrected chi connectivity index (χ4v) is 3.85. The molecule has 0 bridgehead atoms. The van der Waals surface area contributed by atoms with Gasteiger partial charge in [-0.3, -0.25) is 14.4 Å². The Hall–Kier alpha value is -4.76. The molecule has 0 aliphatic carbocycles. The first-order valence-electron chi connectivity index (χ1n) is 11.0. The maximum atomic E-state index is 13.1. The minimum atomic E-state index is -1.21. The van der Waals surface area contributed by atoms with Crippen molar-refractivity contribution in [1.82, 2.24) is 0 Å². The van der Waals surface area contributed by atoms with Gasteiger partial charge in [0.05, 0.1) is 11.3 Å². The topological polar surface area (TPSA) is 125 Å². The number of carboxylic acids is 1. The molecule has 0 fully saturated rings. The van der Waals surface area contributed by atoms with E-state index in [1.54, 1.807) is 66.7 Å². The third-order valence-corrected chi connectivity index (χ3v) is 5.74. The molecule has 8 nitrogen and oxygen atoms in total. The van der Waals surface area contributed by atoms with Gasteiger partial charge >= 0.3 is 5.97 Å². The molecule has 37 heavy (non-hydrogen) atoms. The number of hydrogen-bond donors (Lipinski definition) is 4. The van der Waals surface area contributed by atoms with Gasteiger partial charge in [0.2, 0.25) is 0 Å². The van der Waals surface area contributed by atoms with E-state index in [0.717, 1.165) is 0 Å². The van der Waals surface area contributed by atoms with Crippen LogP contribution in [-0.2, 0) is 0 Å². The van der Waals surface area contributed by atoms with E-state index in [2.05, 4.69) is 31.9 Å². The molecule has 0 radical (unpaired) electrons. The van der Waals surface area contributed by atoms with Crippen LogP contribution in [0.3, 0.4) is 0 Å². The predicted molar refractivity (Wildman–Crippen MR) is 144 cm³/mol. The average molecular weight is 558 g/mol. The summed E-state index contributed by atoms with van der Waals surface area (Å²) in [5, 5.41) is 17.6. The molecule has 0 atom stereocenters. The van der Waals surface area contributed by atoms with Crippen LogP contribution in [0.15, 0.2) is 102 Å². The number of aromatic carboxylic acids is 1. The summed E-state index contributed by atoms with van der Waals surface area (Å²) in [6.45, 7) is 0. The number of anilines is 3. The van der Waals surface area contributed by atoms with Crippen molar-refractivity contribution in [2.24, 2.45) is 0 Å². The molecule has 4 rings (SSSR count). The minimum Gasteiger partial charge on any atom is -0.478 e. The number of hydrogen-bond acceptors (Lipinski definition) is 4. The van der Waals surface area contributed by atoms with Crippen LogP contribution in [0.5, 0.6) is 0 Å². The van der Waals surface area contributed by atoms with Gasteiger partial charge in [0.1, 0.15) is 0 Å². The van der Waals surface area contributed by atoms with E-state index in [1.165, 1.54) is 30.3 Å². The molecule has 9 heteroatoms. The fourth-order valence-electron chi connectivity index (χ4n) is 3.49. The summed E-state index contributed by atoms with van der Waals surface area (Å²) in [4.78, 5) is 50.2. The number of carbonyl (C=O) groups is 4. The molecule has 0 unspecified atom stereocenters. The minimum absolute atomic E-state index is 0.0912. The number of nitrogens with one attached hydrogen (secondary N) is 3. The van der Waals surface area contributed by atoms with Gasteiger partial charge in [-0.15, -0.1) is 0 Å². The molecular formula is C28H20BrN3O5. The highest BCUT2D eigenvalue weighted by atomic mass is 79.9. The zero-order valence-corrected chi connectivity index (χ0v) is 20.8. The lowest BCUT2D eigenvalue weighted by Crippen LogP contribution is -2.18. The molecule has 0 aliphatic heterocycles. The van der Waals surface area contributed by atoms with Crippen molar-refractivity contribution in [2.45, 2.75) is 0 Å². The first kappa shape index (κ1) is 25.3. The zero-order valence-electron chi connectivity index (χ0n) is 19.2. The lowest BCUT2D eigenvalue weighted by molar-refractivity contribution is 0.0697. The summed E-state index contributed by atoms with van der Waals surface area (Å²) in [5.74, 6) is -2.65. The second-order valence-corrected chi connectivity index (χ2v) is 8.80. The number of benzene rings is 4. The van der Waals surface area contributed by atoms with Crippen LogP contribution in [0.4, 0.5) is 17.1 Å². The SMILES string of the molecule is O=C(Nc1cc(NC(=O)c2ccccc2)cc(C(=O)Nc2ccc(Br)cc2C(=O)O)c1)c1ccccc1. The van der Waals surface area contributed by atoms with Gasteiger partial charge in [-0.25, -0.2) is 4.79 Å². The highest BCUT2D eigenvalue weighted by molar-refractivity contribution is 9.10. The molecule has 0 aliphatic rings. The molecule has 3 amide bonds. The maximum Gasteiger partial charge on any atom is 0.337 e. The van der Waals surface area contributed by atoms with E-state index < -0.39 is 23.7 Å². The van der Waals surface area contributed by atoms with E-state index in [4.69, 9.17) is 0 Å². The summed E-state index contributed by atoms with van der Waals surface area (Å²) < 4.78 is 0.541. The predicted octanol–water partition coefficient (Wildman–Crippen LogP) is 5.90. The van der Waals surface area contributed by atoms with Gasteiger partial charge in [-0.1, -0.05) is 52.3 Å². The molecule has 0 heterocycles. The number of halogens is 1. The van der Waals surface area contributed by atoms with Gasteiger partial charge in [0, 0.05) is 32.5 Å². The second kappa shape index (κ2) is 11.3. The lowest BCUT2D eigenvalue weighted by Gasteiger charge is -2.14. The lowest BCUT2D eigenvalue weighted by atomic mass is 10.1. The molecule has 0 saturated heterocycles. The molecule has 0 aromatic heterocycles. The highest BCUT2D eigenvalue weighted by Gasteiger charge is 2.17. The standard InChI is InChI=1S/C28H20BrN3O5/c29-20-11-12-24(23(15-20)28(36)37)32-27(35)19-13-21(30-25(33)17-7-3-1-4-8-17)16-22(14-19)31-26(34)18-9-5-2-6-10-18/h1-16H,(H,30,33)(H,31,34)(H,32,35)(H,36,37). The quantitative estimate of drug-likeness (QED) is 0.225. The summed E-state index contributed by atoms with van der Waals surface area (Å²) >= 11 is 3.22. The van der Waals surface area contributed by atoms with Gasteiger partial charge in [-0.05, 0) is 60.7 Å². The van der Waals surface area contributed by atoms with Crippen molar-refractivity contribution in [2.75, 3.05) is 16.0 Å². The van der Waals surface area contributed by atoms with Gasteiger partial charge in [-0.2, -0.15) is 0 Å². The molecular weight excluding hydrogens is 538 g/mol. The van der Waals surface area contributed by atoms with Gasteiger partial charge in [0.25, 0.3) is 17.7 Å². The fraction of sp³-hybridized carbons (Fsp3) is 0. The zero-order chi connectivity index (χ0) is 26.4. The highest BCUT2D eigenvalue weighted by Crippen LogP contribution is 2.25. The van der Waals surface area contributed by atoms with Gasteiger partial charge < -0.3 is 21.1 Å². The van der Waals surface area contributed by atoms with Gasteiger partial charge in [0.15, 0.2) is 0 Å². The smallest absolute Gasteiger partial charge is 0.337 e. The van der Waals surface area contributed by atoms with E-state index in [9.17, 15) is 24.3 Å². The first-order chi connectivity index (χ1) is 17.8. The van der Waals surface area contributed by atoms with Crippen molar-refractivity contribution < 1.29 is 24.3 Å². The molecule has 0 spiro atoms. The Morgan fingerprint density at radius 1 is 0.568 bits per heavy atom. The van der Waals surface area contributed by atoms with Crippen LogP contribution in [0.2, 0.25) is 0 Å². The number of rotatable bonds is 7. The van der Waals surface area contributed by atoms with E-state index in [0.29, 0.717) is 15.6 Å². The molecule has 4 aromatic carbocycles. The van der Waals surface area contributed by atoms with E-state index in [1.807, 2.05) is 0 Å². The van der Waals surface area contributed by atoms with Crippen LogP contribution in [0, 0.1) is 0 Å². The van der Waals surface area contributed by atoms with Crippen molar-refractivity contribution >= 4 is 56.7 Å². The average Bonchev–Trinajstić information content (AvgIpc) is 2.90. The van der Waals surface area contributed by atoms with E-state index in [-0.39, 0.29) is 28.2 Å². The van der Waals surface area contributed by atoms with Crippen molar-refractivity contribution in [3.63, 3.8) is 0 Å². The van der Waals surface area contributed by atoms with Crippen LogP contribution < -0.4 is 16.0 Å². The molecule has 4 N–H and O–H groups in total.